The normalized spacial score (nSPS) is 16.9. The van der Waals surface area contributed by atoms with E-state index in [4.69, 9.17) is 4.74 Å². The smallest absolute Gasteiger partial charge is 0.236 e. The summed E-state index contributed by atoms with van der Waals surface area (Å²) in [7, 11) is 1.67. The second-order valence-electron chi connectivity index (χ2n) is 4.76. The third kappa shape index (κ3) is 6.08. The molecule has 0 aliphatic carbocycles. The first-order valence-electron chi connectivity index (χ1n) is 5.95. The fourth-order valence-corrected chi connectivity index (χ4v) is 1.27. The van der Waals surface area contributed by atoms with Crippen molar-refractivity contribution >= 4 is 5.91 Å². The van der Waals surface area contributed by atoms with E-state index < -0.39 is 0 Å². The SMILES string of the molecule is COC(C)C(C)NC(C)C(=O)NCC(C)C. The van der Waals surface area contributed by atoms with Gasteiger partial charge in [-0.05, 0) is 26.7 Å². The Kier molecular flexibility index (Phi) is 7.34. The molecular formula is C12H26N2O2. The number of rotatable bonds is 7. The quantitative estimate of drug-likeness (QED) is 0.690. The van der Waals surface area contributed by atoms with Gasteiger partial charge in [0.1, 0.15) is 0 Å². The molecule has 0 aromatic carbocycles. The molecule has 3 atom stereocenters. The molecule has 1 amide bonds. The molecule has 0 spiro atoms. The van der Waals surface area contributed by atoms with Crippen molar-refractivity contribution < 1.29 is 9.53 Å². The van der Waals surface area contributed by atoms with Gasteiger partial charge in [0.2, 0.25) is 5.91 Å². The Morgan fingerprint density at radius 3 is 2.19 bits per heavy atom. The maximum absolute atomic E-state index is 11.7. The summed E-state index contributed by atoms with van der Waals surface area (Å²) in [6.45, 7) is 10.7. The average molecular weight is 230 g/mol. The van der Waals surface area contributed by atoms with Gasteiger partial charge in [-0.15, -0.1) is 0 Å². The lowest BCUT2D eigenvalue weighted by Crippen LogP contribution is -2.49. The Bertz CT molecular complexity index is 207. The number of amides is 1. The maximum Gasteiger partial charge on any atom is 0.236 e. The minimum absolute atomic E-state index is 0.0452. The number of hydrogen-bond donors (Lipinski definition) is 2. The van der Waals surface area contributed by atoms with Gasteiger partial charge in [0.05, 0.1) is 12.1 Å². The van der Waals surface area contributed by atoms with E-state index >= 15 is 0 Å². The highest BCUT2D eigenvalue weighted by molar-refractivity contribution is 5.81. The van der Waals surface area contributed by atoms with E-state index in [1.54, 1.807) is 7.11 Å². The van der Waals surface area contributed by atoms with Crippen LogP contribution in [0.4, 0.5) is 0 Å². The highest BCUT2D eigenvalue weighted by atomic mass is 16.5. The highest BCUT2D eigenvalue weighted by Crippen LogP contribution is 1.98. The van der Waals surface area contributed by atoms with Gasteiger partial charge in [-0.2, -0.15) is 0 Å². The molecule has 4 nitrogen and oxygen atoms in total. The lowest BCUT2D eigenvalue weighted by molar-refractivity contribution is -0.123. The Morgan fingerprint density at radius 2 is 1.75 bits per heavy atom. The first-order valence-corrected chi connectivity index (χ1v) is 5.95. The Labute approximate surface area is 99.1 Å². The van der Waals surface area contributed by atoms with E-state index in [-0.39, 0.29) is 24.1 Å². The summed E-state index contributed by atoms with van der Waals surface area (Å²) < 4.78 is 5.20. The Hall–Kier alpha value is -0.610. The van der Waals surface area contributed by atoms with E-state index in [0.717, 1.165) is 6.54 Å². The monoisotopic (exact) mass is 230 g/mol. The van der Waals surface area contributed by atoms with E-state index in [9.17, 15) is 4.79 Å². The van der Waals surface area contributed by atoms with Crippen LogP contribution in [-0.2, 0) is 9.53 Å². The van der Waals surface area contributed by atoms with Gasteiger partial charge < -0.3 is 15.4 Å². The lowest BCUT2D eigenvalue weighted by atomic mass is 10.1. The van der Waals surface area contributed by atoms with Gasteiger partial charge in [-0.1, -0.05) is 13.8 Å². The molecule has 16 heavy (non-hydrogen) atoms. The molecule has 4 heteroatoms. The van der Waals surface area contributed by atoms with Crippen LogP contribution >= 0.6 is 0 Å². The van der Waals surface area contributed by atoms with Crippen LogP contribution in [0.15, 0.2) is 0 Å². The van der Waals surface area contributed by atoms with Crippen molar-refractivity contribution in [2.75, 3.05) is 13.7 Å². The average Bonchev–Trinajstić information content (AvgIpc) is 2.24. The van der Waals surface area contributed by atoms with Crippen molar-refractivity contribution in [3.8, 4) is 0 Å². The zero-order valence-electron chi connectivity index (χ0n) is 11.3. The van der Waals surface area contributed by atoms with Gasteiger partial charge in [0.15, 0.2) is 0 Å². The molecule has 0 bridgehead atoms. The Morgan fingerprint density at radius 1 is 1.19 bits per heavy atom. The lowest BCUT2D eigenvalue weighted by Gasteiger charge is -2.24. The first-order chi connectivity index (χ1) is 7.38. The predicted molar refractivity (Wildman–Crippen MR) is 66.4 cm³/mol. The van der Waals surface area contributed by atoms with Gasteiger partial charge in [-0.25, -0.2) is 0 Å². The summed E-state index contributed by atoms with van der Waals surface area (Å²) in [6, 6.07) is -0.0313. The number of carbonyl (C=O) groups excluding carboxylic acids is 1. The molecule has 0 aliphatic rings. The molecule has 2 N–H and O–H groups in total. The minimum atomic E-state index is -0.189. The number of hydrogen-bond acceptors (Lipinski definition) is 3. The molecule has 0 saturated carbocycles. The molecule has 0 aromatic rings. The van der Waals surface area contributed by atoms with Crippen LogP contribution in [0.2, 0.25) is 0 Å². The molecule has 0 aromatic heterocycles. The van der Waals surface area contributed by atoms with Crippen LogP contribution in [0, 0.1) is 5.92 Å². The highest BCUT2D eigenvalue weighted by Gasteiger charge is 2.18. The second-order valence-corrected chi connectivity index (χ2v) is 4.76. The summed E-state index contributed by atoms with van der Waals surface area (Å²) in [5.74, 6) is 0.523. The van der Waals surface area contributed by atoms with Gasteiger partial charge in [0, 0.05) is 19.7 Å². The number of nitrogens with one attached hydrogen (secondary N) is 2. The van der Waals surface area contributed by atoms with Crippen molar-refractivity contribution in [3.63, 3.8) is 0 Å². The molecule has 0 radical (unpaired) electrons. The standard InChI is InChI=1S/C12H26N2O2/c1-8(2)7-13-12(15)10(4)14-9(3)11(5)16-6/h8-11,14H,7H2,1-6H3,(H,13,15). The fourth-order valence-electron chi connectivity index (χ4n) is 1.27. The van der Waals surface area contributed by atoms with E-state index in [2.05, 4.69) is 24.5 Å². The summed E-state index contributed by atoms with van der Waals surface area (Å²) in [5.41, 5.74) is 0. The maximum atomic E-state index is 11.7. The molecule has 0 fully saturated rings. The molecule has 96 valence electrons. The summed E-state index contributed by atoms with van der Waals surface area (Å²) in [6.07, 6.45) is 0.0975. The van der Waals surface area contributed by atoms with Crippen molar-refractivity contribution in [2.45, 2.75) is 52.8 Å². The zero-order valence-corrected chi connectivity index (χ0v) is 11.3. The van der Waals surface area contributed by atoms with Gasteiger partial charge in [-0.3, -0.25) is 4.79 Å². The fraction of sp³-hybridized carbons (Fsp3) is 0.917. The molecular weight excluding hydrogens is 204 g/mol. The largest absolute Gasteiger partial charge is 0.380 e. The van der Waals surface area contributed by atoms with Crippen LogP contribution < -0.4 is 10.6 Å². The summed E-state index contributed by atoms with van der Waals surface area (Å²) >= 11 is 0. The third-order valence-corrected chi connectivity index (χ3v) is 2.67. The zero-order chi connectivity index (χ0) is 12.7. The predicted octanol–water partition coefficient (Wildman–Crippen LogP) is 1.16. The molecule has 3 unspecified atom stereocenters. The van der Waals surface area contributed by atoms with Crippen molar-refractivity contribution in [1.82, 2.24) is 10.6 Å². The number of ether oxygens (including phenoxy) is 1. The van der Waals surface area contributed by atoms with Crippen LogP contribution in [0.1, 0.15) is 34.6 Å². The molecule has 0 saturated heterocycles. The van der Waals surface area contributed by atoms with Crippen LogP contribution in [-0.4, -0.2) is 37.7 Å². The Balaban J connectivity index is 3.95. The minimum Gasteiger partial charge on any atom is -0.380 e. The summed E-state index contributed by atoms with van der Waals surface area (Å²) in [5, 5.41) is 6.12. The third-order valence-electron chi connectivity index (χ3n) is 2.67. The first kappa shape index (κ1) is 15.4. The van der Waals surface area contributed by atoms with E-state index in [0.29, 0.717) is 5.92 Å². The second kappa shape index (κ2) is 7.63. The number of methoxy groups -OCH3 is 1. The van der Waals surface area contributed by atoms with Crippen LogP contribution in [0.25, 0.3) is 0 Å². The van der Waals surface area contributed by atoms with Crippen molar-refractivity contribution in [1.29, 1.82) is 0 Å². The van der Waals surface area contributed by atoms with E-state index in [1.165, 1.54) is 0 Å². The van der Waals surface area contributed by atoms with Gasteiger partial charge >= 0.3 is 0 Å². The molecule has 0 rings (SSSR count). The van der Waals surface area contributed by atoms with Crippen molar-refractivity contribution in [3.05, 3.63) is 0 Å². The topological polar surface area (TPSA) is 50.4 Å². The summed E-state index contributed by atoms with van der Waals surface area (Å²) in [4.78, 5) is 11.7. The number of carbonyl (C=O) groups is 1. The van der Waals surface area contributed by atoms with Crippen LogP contribution in [0.3, 0.4) is 0 Å². The van der Waals surface area contributed by atoms with E-state index in [1.807, 2.05) is 20.8 Å². The van der Waals surface area contributed by atoms with Crippen LogP contribution in [0.5, 0.6) is 0 Å². The van der Waals surface area contributed by atoms with Crippen molar-refractivity contribution in [2.24, 2.45) is 5.92 Å². The van der Waals surface area contributed by atoms with Gasteiger partial charge in [0.25, 0.3) is 0 Å². The molecule has 0 aliphatic heterocycles. The molecule has 0 heterocycles.